The van der Waals surface area contributed by atoms with Gasteiger partial charge in [0.25, 0.3) is 0 Å². The topological polar surface area (TPSA) is 69.2 Å². The van der Waals surface area contributed by atoms with Gasteiger partial charge in [-0.25, -0.2) is 9.78 Å². The van der Waals surface area contributed by atoms with Crippen molar-refractivity contribution in [3.63, 3.8) is 0 Å². The summed E-state index contributed by atoms with van der Waals surface area (Å²) in [6, 6.07) is 8.02. The van der Waals surface area contributed by atoms with Gasteiger partial charge in [0.2, 0.25) is 0 Å². The quantitative estimate of drug-likeness (QED) is 0.847. The van der Waals surface area contributed by atoms with Gasteiger partial charge in [-0.3, -0.25) is 4.90 Å². The van der Waals surface area contributed by atoms with Gasteiger partial charge < -0.3 is 10.1 Å². The molecule has 114 valence electrons. The number of aromatic nitrogens is 2. The number of fused-ring (bicyclic) bond motifs is 2. The Hall–Kier alpha value is -1.82. The molecule has 0 spiro atoms. The van der Waals surface area contributed by atoms with Crippen LogP contribution in [0.15, 0.2) is 34.9 Å². The van der Waals surface area contributed by atoms with E-state index in [0.29, 0.717) is 5.92 Å². The first-order valence-electron chi connectivity index (χ1n) is 7.45. The number of carboxylic acid groups (broad SMARTS) is 1. The number of piperidine rings is 1. The van der Waals surface area contributed by atoms with Gasteiger partial charge in [0.05, 0.1) is 17.9 Å². The van der Waals surface area contributed by atoms with Gasteiger partial charge in [-0.15, -0.1) is 0 Å². The third-order valence-electron chi connectivity index (χ3n) is 4.84. The van der Waals surface area contributed by atoms with Crippen molar-refractivity contribution in [2.75, 3.05) is 0 Å². The van der Waals surface area contributed by atoms with E-state index in [4.69, 9.17) is 0 Å². The number of imidazole rings is 1. The second-order valence-electron chi connectivity index (χ2n) is 6.05. The highest BCUT2D eigenvalue weighted by molar-refractivity contribution is 9.10. The van der Waals surface area contributed by atoms with Gasteiger partial charge in [-0.1, -0.05) is 28.1 Å². The SMILES string of the molecule is O=C(O)N1[C@@H]2CC[C@@H](C2)[C@H]1c1ncc(-c2ccc(Br)cc2)[nH]1. The van der Waals surface area contributed by atoms with E-state index in [9.17, 15) is 9.90 Å². The third-order valence-corrected chi connectivity index (χ3v) is 5.37. The molecule has 0 radical (unpaired) electrons. The highest BCUT2D eigenvalue weighted by atomic mass is 79.9. The maximum Gasteiger partial charge on any atom is 0.408 e. The smallest absolute Gasteiger partial charge is 0.408 e. The number of nitrogens with one attached hydrogen (secondary N) is 1. The molecule has 1 aromatic heterocycles. The summed E-state index contributed by atoms with van der Waals surface area (Å²) < 4.78 is 1.03. The standard InChI is InChI=1S/C16H16BrN3O2/c17-11-4-1-9(2-5-11)13-8-18-15(19-13)14-10-3-6-12(7-10)20(14)16(21)22/h1-2,4-5,8,10,12,14H,3,6-7H2,(H,18,19)(H,21,22)/t10-,12+,14-/m0/s1. The van der Waals surface area contributed by atoms with Gasteiger partial charge in [0, 0.05) is 10.5 Å². The summed E-state index contributed by atoms with van der Waals surface area (Å²) in [6.45, 7) is 0. The maximum atomic E-state index is 11.6. The molecule has 1 saturated heterocycles. The third kappa shape index (κ3) is 2.13. The molecule has 1 saturated carbocycles. The number of H-pyrrole nitrogens is 1. The van der Waals surface area contributed by atoms with Crippen molar-refractivity contribution < 1.29 is 9.90 Å². The van der Waals surface area contributed by atoms with E-state index in [-0.39, 0.29) is 12.1 Å². The number of nitrogens with zero attached hydrogens (tertiary/aromatic N) is 2. The molecular formula is C16H16BrN3O2. The molecule has 1 aliphatic heterocycles. The molecule has 22 heavy (non-hydrogen) atoms. The summed E-state index contributed by atoms with van der Waals surface area (Å²) in [5.74, 6) is 1.16. The Morgan fingerprint density at radius 1 is 1.32 bits per heavy atom. The number of amides is 1. The number of carbonyl (C=O) groups is 1. The maximum absolute atomic E-state index is 11.6. The van der Waals surface area contributed by atoms with E-state index >= 15 is 0 Å². The lowest BCUT2D eigenvalue weighted by Crippen LogP contribution is -2.39. The van der Waals surface area contributed by atoms with E-state index in [1.54, 1.807) is 11.1 Å². The van der Waals surface area contributed by atoms with Crippen LogP contribution in [0.4, 0.5) is 4.79 Å². The molecular weight excluding hydrogens is 346 g/mol. The molecule has 2 N–H and O–H groups in total. The number of rotatable bonds is 2. The minimum atomic E-state index is -0.834. The zero-order valence-electron chi connectivity index (χ0n) is 11.9. The second-order valence-corrected chi connectivity index (χ2v) is 6.97. The van der Waals surface area contributed by atoms with Crippen LogP contribution in [0.3, 0.4) is 0 Å². The average molecular weight is 362 g/mol. The number of aromatic amines is 1. The number of benzene rings is 1. The van der Waals surface area contributed by atoms with Crippen molar-refractivity contribution in [2.45, 2.75) is 31.3 Å². The van der Waals surface area contributed by atoms with Crippen LogP contribution < -0.4 is 0 Å². The highest BCUT2D eigenvalue weighted by Crippen LogP contribution is 2.49. The van der Waals surface area contributed by atoms with Gasteiger partial charge >= 0.3 is 6.09 Å². The van der Waals surface area contributed by atoms with Crippen molar-refractivity contribution in [3.05, 3.63) is 40.8 Å². The Balaban J connectivity index is 1.66. The molecule has 2 fully saturated rings. The Kier molecular flexibility index (Phi) is 3.22. The Labute approximate surface area is 136 Å². The molecule has 0 unspecified atom stereocenters. The van der Waals surface area contributed by atoms with Gasteiger partial charge in [-0.05, 0) is 42.9 Å². The van der Waals surface area contributed by atoms with Gasteiger partial charge in [0.1, 0.15) is 5.82 Å². The van der Waals surface area contributed by atoms with Crippen molar-refractivity contribution >= 4 is 22.0 Å². The monoisotopic (exact) mass is 361 g/mol. The minimum Gasteiger partial charge on any atom is -0.465 e. The predicted octanol–water partition coefficient (Wildman–Crippen LogP) is 4.04. The summed E-state index contributed by atoms with van der Waals surface area (Å²) in [4.78, 5) is 21.0. The minimum absolute atomic E-state index is 0.125. The van der Waals surface area contributed by atoms with E-state index < -0.39 is 6.09 Å². The normalized spacial score (nSPS) is 26.6. The molecule has 5 nitrogen and oxygen atoms in total. The Morgan fingerprint density at radius 3 is 2.82 bits per heavy atom. The summed E-state index contributed by atoms with van der Waals surface area (Å²) >= 11 is 3.43. The molecule has 4 rings (SSSR count). The van der Waals surface area contributed by atoms with Crippen LogP contribution in [0, 0.1) is 5.92 Å². The lowest BCUT2D eigenvalue weighted by atomic mass is 9.98. The van der Waals surface area contributed by atoms with E-state index in [1.165, 1.54) is 0 Å². The first-order valence-corrected chi connectivity index (χ1v) is 8.25. The average Bonchev–Trinajstić information content (AvgIpc) is 3.22. The highest BCUT2D eigenvalue weighted by Gasteiger charge is 2.50. The fraction of sp³-hybridized carbons (Fsp3) is 0.375. The van der Waals surface area contributed by atoms with Crippen molar-refractivity contribution in [1.82, 2.24) is 14.9 Å². The fourth-order valence-corrected chi connectivity index (χ4v) is 4.14. The van der Waals surface area contributed by atoms with Gasteiger partial charge in [0.15, 0.2) is 0 Å². The van der Waals surface area contributed by atoms with E-state index in [0.717, 1.165) is 40.8 Å². The van der Waals surface area contributed by atoms with E-state index in [2.05, 4.69) is 25.9 Å². The summed E-state index contributed by atoms with van der Waals surface area (Å²) in [6.07, 6.45) is 4.00. The second kappa shape index (κ2) is 5.12. The molecule has 2 aromatic rings. The largest absolute Gasteiger partial charge is 0.465 e. The molecule has 2 aliphatic rings. The first kappa shape index (κ1) is 13.8. The Morgan fingerprint density at radius 2 is 2.09 bits per heavy atom. The van der Waals surface area contributed by atoms with Crippen molar-refractivity contribution in [2.24, 2.45) is 5.92 Å². The molecule has 6 heteroatoms. The van der Waals surface area contributed by atoms with Crippen LogP contribution in [-0.2, 0) is 0 Å². The zero-order chi connectivity index (χ0) is 15.3. The van der Waals surface area contributed by atoms with Crippen LogP contribution in [0.5, 0.6) is 0 Å². The van der Waals surface area contributed by atoms with Crippen LogP contribution in [0.2, 0.25) is 0 Å². The Bertz CT molecular complexity index is 712. The zero-order valence-corrected chi connectivity index (χ0v) is 13.5. The first-order chi connectivity index (χ1) is 10.6. The number of likely N-dealkylation sites (tertiary alicyclic amines) is 1. The van der Waals surface area contributed by atoms with Crippen LogP contribution in [-0.4, -0.2) is 32.1 Å². The molecule has 1 aliphatic carbocycles. The summed E-state index contributed by atoms with van der Waals surface area (Å²) in [5.41, 5.74) is 1.97. The number of hydrogen-bond acceptors (Lipinski definition) is 2. The number of halogens is 1. The summed E-state index contributed by atoms with van der Waals surface area (Å²) in [7, 11) is 0. The van der Waals surface area contributed by atoms with Crippen molar-refractivity contribution in [3.8, 4) is 11.3 Å². The predicted molar refractivity (Wildman–Crippen MR) is 85.5 cm³/mol. The number of hydrogen-bond donors (Lipinski definition) is 2. The summed E-state index contributed by atoms with van der Waals surface area (Å²) in [5, 5.41) is 9.50. The van der Waals surface area contributed by atoms with E-state index in [1.807, 2.05) is 24.3 Å². The van der Waals surface area contributed by atoms with Crippen LogP contribution in [0.1, 0.15) is 31.1 Å². The van der Waals surface area contributed by atoms with Crippen LogP contribution in [0.25, 0.3) is 11.3 Å². The van der Waals surface area contributed by atoms with Gasteiger partial charge in [-0.2, -0.15) is 0 Å². The lowest BCUT2D eigenvalue weighted by molar-refractivity contribution is 0.0992. The molecule has 1 amide bonds. The lowest BCUT2D eigenvalue weighted by Gasteiger charge is -2.31. The molecule has 1 aromatic carbocycles. The fourth-order valence-electron chi connectivity index (χ4n) is 3.88. The molecule has 3 atom stereocenters. The van der Waals surface area contributed by atoms with Crippen molar-refractivity contribution in [1.29, 1.82) is 0 Å². The molecule has 2 heterocycles. The molecule has 2 bridgehead atoms. The van der Waals surface area contributed by atoms with Crippen LogP contribution >= 0.6 is 15.9 Å².